The minimum Gasteiger partial charge on any atom is -0.481 e. The lowest BCUT2D eigenvalue weighted by Gasteiger charge is -2.36. The molecule has 9 heteroatoms. The fourth-order valence-electron chi connectivity index (χ4n) is 5.05. The molecule has 1 aliphatic rings. The molecule has 0 spiro atoms. The van der Waals surface area contributed by atoms with Gasteiger partial charge in [0.2, 0.25) is 5.88 Å². The summed E-state index contributed by atoms with van der Waals surface area (Å²) in [4.78, 5) is 27.3. The summed E-state index contributed by atoms with van der Waals surface area (Å²) in [5.74, 6) is 1.15. The number of benzene rings is 1. The SMILES string of the molecule is CCc1nc(C)c2c(=O)n(CCCN3CCN(c4ccccc4F)CC3)c3ccc(OC)nc3n12. The quantitative estimate of drug-likeness (QED) is 0.406. The summed E-state index contributed by atoms with van der Waals surface area (Å²) in [7, 11) is 1.59. The van der Waals surface area contributed by atoms with Crippen molar-refractivity contribution >= 4 is 22.4 Å². The van der Waals surface area contributed by atoms with Crippen LogP contribution in [0, 0.1) is 12.7 Å². The Morgan fingerprint density at radius 1 is 1.03 bits per heavy atom. The second-order valence-corrected chi connectivity index (χ2v) is 8.94. The van der Waals surface area contributed by atoms with Gasteiger partial charge in [-0.05, 0) is 38.1 Å². The molecule has 3 aromatic heterocycles. The van der Waals surface area contributed by atoms with E-state index in [4.69, 9.17) is 4.74 Å². The van der Waals surface area contributed by atoms with Gasteiger partial charge in [0.1, 0.15) is 17.2 Å². The number of hydrogen-bond donors (Lipinski definition) is 0. The smallest absolute Gasteiger partial charge is 0.277 e. The highest BCUT2D eigenvalue weighted by Gasteiger charge is 2.21. The molecule has 0 N–H and O–H groups in total. The molecule has 0 atom stereocenters. The highest BCUT2D eigenvalue weighted by atomic mass is 19.1. The van der Waals surface area contributed by atoms with E-state index in [2.05, 4.69) is 19.8 Å². The predicted octanol–water partition coefficient (Wildman–Crippen LogP) is 3.28. The van der Waals surface area contributed by atoms with Gasteiger partial charge in [-0.3, -0.25) is 14.1 Å². The molecule has 1 fully saturated rings. The number of nitrogens with zero attached hydrogens (tertiary/aromatic N) is 6. The molecule has 1 aromatic carbocycles. The van der Waals surface area contributed by atoms with E-state index in [9.17, 15) is 9.18 Å². The maximum atomic E-state index is 14.1. The fraction of sp³-hybridized carbons (Fsp3) is 0.423. The minimum absolute atomic E-state index is 0.0430. The van der Waals surface area contributed by atoms with Crippen LogP contribution < -0.4 is 15.2 Å². The zero-order chi connectivity index (χ0) is 24.5. The van der Waals surface area contributed by atoms with Crippen LogP contribution in [0.3, 0.4) is 0 Å². The number of methoxy groups -OCH3 is 1. The number of para-hydroxylation sites is 1. The van der Waals surface area contributed by atoms with Crippen molar-refractivity contribution in [2.75, 3.05) is 44.7 Å². The van der Waals surface area contributed by atoms with E-state index in [0.29, 0.717) is 35.7 Å². The first-order chi connectivity index (χ1) is 17.0. The maximum Gasteiger partial charge on any atom is 0.277 e. The number of halogens is 1. The second-order valence-electron chi connectivity index (χ2n) is 8.94. The molecule has 1 saturated heterocycles. The number of hydrogen-bond acceptors (Lipinski definition) is 6. The third kappa shape index (κ3) is 4.25. The molecule has 0 bridgehead atoms. The Kier molecular flexibility index (Phi) is 6.42. The van der Waals surface area contributed by atoms with Crippen LogP contribution in [0.25, 0.3) is 16.7 Å². The zero-order valence-electron chi connectivity index (χ0n) is 20.5. The van der Waals surface area contributed by atoms with Gasteiger partial charge in [0.25, 0.3) is 5.56 Å². The molecular formula is C26H31FN6O2. The van der Waals surface area contributed by atoms with Crippen molar-refractivity contribution in [3.05, 3.63) is 64.1 Å². The number of anilines is 1. The molecular weight excluding hydrogens is 447 g/mol. The third-order valence-electron chi connectivity index (χ3n) is 6.85. The average Bonchev–Trinajstić information content (AvgIpc) is 3.23. The van der Waals surface area contributed by atoms with Crippen LogP contribution in [0.5, 0.6) is 5.88 Å². The molecule has 0 aliphatic carbocycles. The molecule has 0 unspecified atom stereocenters. The summed E-state index contributed by atoms with van der Waals surface area (Å²) in [5.41, 5.74) is 3.39. The summed E-state index contributed by atoms with van der Waals surface area (Å²) < 4.78 is 23.2. The molecule has 1 aliphatic heterocycles. The van der Waals surface area contributed by atoms with Crippen LogP contribution in [-0.2, 0) is 13.0 Å². The van der Waals surface area contributed by atoms with Crippen molar-refractivity contribution < 1.29 is 9.13 Å². The number of piperazine rings is 1. The Labute approximate surface area is 203 Å². The van der Waals surface area contributed by atoms with Crippen molar-refractivity contribution in [3.63, 3.8) is 0 Å². The van der Waals surface area contributed by atoms with Gasteiger partial charge < -0.3 is 14.2 Å². The Morgan fingerprint density at radius 2 is 1.80 bits per heavy atom. The number of imidazole rings is 1. The first-order valence-corrected chi connectivity index (χ1v) is 12.2. The van der Waals surface area contributed by atoms with Gasteiger partial charge in [-0.15, -0.1) is 0 Å². The van der Waals surface area contributed by atoms with E-state index in [-0.39, 0.29) is 11.4 Å². The number of ether oxygens (including phenoxy) is 1. The van der Waals surface area contributed by atoms with Gasteiger partial charge in [0.15, 0.2) is 5.65 Å². The van der Waals surface area contributed by atoms with Gasteiger partial charge in [0, 0.05) is 45.2 Å². The van der Waals surface area contributed by atoms with Crippen LogP contribution in [0.1, 0.15) is 24.9 Å². The summed E-state index contributed by atoms with van der Waals surface area (Å²) in [6.07, 6.45) is 1.52. The van der Waals surface area contributed by atoms with Crippen molar-refractivity contribution in [1.82, 2.24) is 23.8 Å². The third-order valence-corrected chi connectivity index (χ3v) is 6.85. The summed E-state index contributed by atoms with van der Waals surface area (Å²) in [5, 5.41) is 0. The van der Waals surface area contributed by atoms with Crippen LogP contribution in [0.15, 0.2) is 41.2 Å². The summed E-state index contributed by atoms with van der Waals surface area (Å²) in [6.45, 7) is 8.65. The number of fused-ring (bicyclic) bond motifs is 3. The predicted molar refractivity (Wildman–Crippen MR) is 135 cm³/mol. The number of pyridine rings is 1. The standard InChI is InChI=1S/C26H31FN6O2/c1-4-22-28-18(2)24-26(34)32(21-10-11-23(35-3)29-25(21)33(22)24)13-7-12-30-14-16-31(17-15-30)20-9-6-5-8-19(20)27/h5-6,8-11H,4,7,12-17H2,1-3H3. The molecule has 0 amide bonds. The lowest BCUT2D eigenvalue weighted by molar-refractivity contribution is 0.250. The number of aromatic nitrogens is 4. The molecule has 4 heterocycles. The van der Waals surface area contributed by atoms with Crippen LogP contribution in [0.2, 0.25) is 0 Å². The average molecular weight is 479 g/mol. The Morgan fingerprint density at radius 3 is 2.51 bits per heavy atom. The van der Waals surface area contributed by atoms with Crippen molar-refractivity contribution in [1.29, 1.82) is 0 Å². The fourth-order valence-corrected chi connectivity index (χ4v) is 5.05. The molecule has 184 valence electrons. The highest BCUT2D eigenvalue weighted by Crippen LogP contribution is 2.22. The Bertz CT molecular complexity index is 1420. The topological polar surface area (TPSA) is 67.9 Å². The van der Waals surface area contributed by atoms with E-state index < -0.39 is 0 Å². The maximum absolute atomic E-state index is 14.1. The largest absolute Gasteiger partial charge is 0.481 e. The van der Waals surface area contributed by atoms with E-state index in [0.717, 1.165) is 56.2 Å². The molecule has 8 nitrogen and oxygen atoms in total. The van der Waals surface area contributed by atoms with Crippen molar-refractivity contribution in [2.24, 2.45) is 0 Å². The summed E-state index contributed by atoms with van der Waals surface area (Å²) in [6, 6.07) is 10.6. The molecule has 5 rings (SSSR count). The highest BCUT2D eigenvalue weighted by molar-refractivity contribution is 5.77. The van der Waals surface area contributed by atoms with E-state index in [1.807, 2.05) is 41.0 Å². The Balaban J connectivity index is 1.35. The molecule has 35 heavy (non-hydrogen) atoms. The number of rotatable bonds is 7. The molecule has 0 saturated carbocycles. The first-order valence-electron chi connectivity index (χ1n) is 12.2. The van der Waals surface area contributed by atoms with E-state index in [1.165, 1.54) is 6.07 Å². The molecule has 4 aromatic rings. The van der Waals surface area contributed by atoms with Gasteiger partial charge in [0.05, 0.1) is 24.0 Å². The zero-order valence-corrected chi connectivity index (χ0v) is 20.5. The monoisotopic (exact) mass is 478 g/mol. The van der Waals surface area contributed by atoms with Gasteiger partial charge >= 0.3 is 0 Å². The van der Waals surface area contributed by atoms with Crippen LogP contribution in [-0.4, -0.2) is 63.7 Å². The minimum atomic E-state index is -0.172. The number of aryl methyl sites for hydroxylation is 3. The van der Waals surface area contributed by atoms with Gasteiger partial charge in [-0.2, -0.15) is 4.98 Å². The van der Waals surface area contributed by atoms with Crippen molar-refractivity contribution in [3.8, 4) is 5.88 Å². The normalized spacial score (nSPS) is 14.8. The summed E-state index contributed by atoms with van der Waals surface area (Å²) >= 11 is 0. The van der Waals surface area contributed by atoms with E-state index in [1.54, 1.807) is 19.2 Å². The lowest BCUT2D eigenvalue weighted by atomic mass is 10.2. The first kappa shape index (κ1) is 23.3. The van der Waals surface area contributed by atoms with Crippen molar-refractivity contribution in [2.45, 2.75) is 33.2 Å². The van der Waals surface area contributed by atoms with Crippen LogP contribution in [0.4, 0.5) is 10.1 Å². The Hall–Kier alpha value is -3.46. The second kappa shape index (κ2) is 9.65. The molecule has 0 radical (unpaired) electrons. The van der Waals surface area contributed by atoms with Crippen LogP contribution >= 0.6 is 0 Å². The van der Waals surface area contributed by atoms with Gasteiger partial charge in [-0.25, -0.2) is 9.37 Å². The van der Waals surface area contributed by atoms with Gasteiger partial charge in [-0.1, -0.05) is 19.1 Å². The van der Waals surface area contributed by atoms with E-state index >= 15 is 0 Å². The lowest BCUT2D eigenvalue weighted by Crippen LogP contribution is -2.47.